The number of nitrogens with zero attached hydrogens (tertiary/aromatic N) is 1. The number of sulfonamides is 1. The summed E-state index contributed by atoms with van der Waals surface area (Å²) in [5, 5.41) is 9.00. The Morgan fingerprint density at radius 1 is 1.04 bits per heavy atom. The number of carbonyl (C=O) groups is 2. The highest BCUT2D eigenvalue weighted by molar-refractivity contribution is 7.89. The summed E-state index contributed by atoms with van der Waals surface area (Å²) >= 11 is 0. The minimum atomic E-state index is -3.42. The first kappa shape index (κ1) is 34.2. The molecule has 0 spiro atoms. The molecule has 2 bridgehead atoms. The van der Waals surface area contributed by atoms with Crippen LogP contribution in [0.5, 0.6) is 0 Å². The molecule has 1 saturated carbocycles. The standard InChI is InChI=1S/C33H44F2N4O6S/c1-44-26-15-10-22(11-16-26)30(21-8-12-23(34)13-9-21)31(38-33(41)45-2)32(40)37-29-7-3-6-28(35)27(29)17-14-25-19-36-24-5-4-18-46(42,43)39(25)20-24/h3,6-9,12-13,22,24-26,30-31,36H,4-5,10-11,14-20H2,1-2H3,(H,37,40)(H,38,41)/t22-,24-,25+,26-,30+,31?/m1/s1. The largest absolute Gasteiger partial charge is 0.453 e. The summed E-state index contributed by atoms with van der Waals surface area (Å²) in [5.74, 6) is -2.01. The van der Waals surface area contributed by atoms with E-state index in [2.05, 4.69) is 16.0 Å². The molecule has 2 unspecified atom stereocenters. The zero-order valence-corrected chi connectivity index (χ0v) is 27.2. The predicted molar refractivity (Wildman–Crippen MR) is 170 cm³/mol. The van der Waals surface area contributed by atoms with E-state index in [4.69, 9.17) is 9.47 Å². The van der Waals surface area contributed by atoms with Crippen LogP contribution in [-0.4, -0.2) is 82.0 Å². The quantitative estimate of drug-likeness (QED) is 0.346. The summed E-state index contributed by atoms with van der Waals surface area (Å²) in [6, 6.07) is 8.93. The van der Waals surface area contributed by atoms with Gasteiger partial charge in [-0.2, -0.15) is 4.31 Å². The van der Waals surface area contributed by atoms with Gasteiger partial charge in [-0.15, -0.1) is 0 Å². The van der Waals surface area contributed by atoms with E-state index in [-0.39, 0.29) is 47.5 Å². The van der Waals surface area contributed by atoms with Crippen LogP contribution in [0.4, 0.5) is 19.3 Å². The van der Waals surface area contributed by atoms with Gasteiger partial charge in [0.15, 0.2) is 0 Å². The summed E-state index contributed by atoms with van der Waals surface area (Å²) in [6.45, 7) is 0.863. The molecule has 1 aliphatic carbocycles. The monoisotopic (exact) mass is 662 g/mol. The maximum Gasteiger partial charge on any atom is 0.407 e. The maximum absolute atomic E-state index is 15.4. The molecular weight excluding hydrogens is 618 g/mol. The second-order valence-corrected chi connectivity index (χ2v) is 14.6. The van der Waals surface area contributed by atoms with E-state index in [0.717, 1.165) is 19.3 Å². The van der Waals surface area contributed by atoms with Crippen molar-refractivity contribution >= 4 is 27.7 Å². The zero-order valence-electron chi connectivity index (χ0n) is 26.3. The fourth-order valence-electron chi connectivity index (χ4n) is 7.31. The van der Waals surface area contributed by atoms with Gasteiger partial charge in [0.05, 0.1) is 19.0 Å². The number of amides is 2. The highest BCUT2D eigenvalue weighted by atomic mass is 32.2. The van der Waals surface area contributed by atoms with Gasteiger partial charge in [0, 0.05) is 49.5 Å². The Morgan fingerprint density at radius 2 is 1.78 bits per heavy atom. The Labute approximate surface area is 269 Å². The smallest absolute Gasteiger partial charge is 0.407 e. The van der Waals surface area contributed by atoms with Gasteiger partial charge in [-0.1, -0.05) is 18.2 Å². The SMILES string of the molecule is COC(=O)NC(C(=O)Nc1cccc(F)c1CC[C@H]1CN[C@@H]2CCCS(=O)(=O)N1C2)[C@@H](c1ccc(F)cc1)[C@H]1CC[C@H](OC)CC1. The second-order valence-electron chi connectivity index (χ2n) is 12.5. The van der Waals surface area contributed by atoms with Crippen molar-refractivity contribution in [1.29, 1.82) is 0 Å². The Kier molecular flexibility index (Phi) is 11.3. The first-order chi connectivity index (χ1) is 22.1. The van der Waals surface area contributed by atoms with Gasteiger partial charge in [0.1, 0.15) is 17.7 Å². The molecule has 0 radical (unpaired) electrons. The number of hydrogen-bond acceptors (Lipinski definition) is 7. The average molecular weight is 663 g/mol. The van der Waals surface area contributed by atoms with E-state index in [0.29, 0.717) is 44.3 Å². The van der Waals surface area contributed by atoms with Gasteiger partial charge in [-0.25, -0.2) is 22.0 Å². The number of benzene rings is 2. The molecule has 5 atom stereocenters. The first-order valence-corrected chi connectivity index (χ1v) is 17.6. The van der Waals surface area contributed by atoms with E-state index in [1.165, 1.54) is 31.4 Å². The van der Waals surface area contributed by atoms with Crippen LogP contribution in [0.25, 0.3) is 0 Å². The number of nitrogens with one attached hydrogen (secondary N) is 3. The van der Waals surface area contributed by atoms with Crippen LogP contribution in [0.1, 0.15) is 62.0 Å². The highest BCUT2D eigenvalue weighted by Gasteiger charge is 2.40. The van der Waals surface area contributed by atoms with Crippen molar-refractivity contribution in [2.45, 2.75) is 81.5 Å². The van der Waals surface area contributed by atoms with E-state index < -0.39 is 45.6 Å². The van der Waals surface area contributed by atoms with Crippen molar-refractivity contribution in [3.05, 3.63) is 65.2 Å². The number of anilines is 1. The molecule has 2 aliphatic heterocycles. The van der Waals surface area contributed by atoms with E-state index in [9.17, 15) is 22.4 Å². The number of halogens is 2. The van der Waals surface area contributed by atoms with Crippen LogP contribution in [0.2, 0.25) is 0 Å². The average Bonchev–Trinajstić information content (AvgIpc) is 3.16. The van der Waals surface area contributed by atoms with Gasteiger partial charge in [-0.3, -0.25) is 4.79 Å². The zero-order chi connectivity index (χ0) is 32.8. The molecule has 2 aromatic carbocycles. The van der Waals surface area contributed by atoms with Crippen molar-refractivity contribution in [3.63, 3.8) is 0 Å². The molecular formula is C33H44F2N4O6S. The van der Waals surface area contributed by atoms with Crippen LogP contribution >= 0.6 is 0 Å². The van der Waals surface area contributed by atoms with Gasteiger partial charge < -0.3 is 25.4 Å². The topological polar surface area (TPSA) is 126 Å². The van der Waals surface area contributed by atoms with Crippen molar-refractivity contribution < 1.29 is 36.3 Å². The highest BCUT2D eigenvalue weighted by Crippen LogP contribution is 2.40. The third-order valence-electron chi connectivity index (χ3n) is 9.78. The Hall–Kier alpha value is -3.13. The summed E-state index contributed by atoms with van der Waals surface area (Å²) in [5.41, 5.74) is 1.17. The predicted octanol–water partition coefficient (Wildman–Crippen LogP) is 4.32. The van der Waals surface area contributed by atoms with Gasteiger partial charge in [0.2, 0.25) is 15.9 Å². The maximum atomic E-state index is 15.4. The molecule has 46 heavy (non-hydrogen) atoms. The lowest BCUT2D eigenvalue weighted by Gasteiger charge is -2.38. The van der Waals surface area contributed by atoms with E-state index >= 15 is 4.39 Å². The van der Waals surface area contributed by atoms with Crippen LogP contribution < -0.4 is 16.0 Å². The third-order valence-corrected chi connectivity index (χ3v) is 11.7. The molecule has 2 saturated heterocycles. The minimum Gasteiger partial charge on any atom is -0.453 e. The molecule has 13 heteroatoms. The molecule has 252 valence electrons. The number of hydrogen-bond donors (Lipinski definition) is 3. The number of piperazine rings is 1. The fraction of sp³-hybridized carbons (Fsp3) is 0.576. The number of rotatable bonds is 10. The van der Waals surface area contributed by atoms with Crippen LogP contribution in [-0.2, 0) is 30.7 Å². The number of alkyl carbamates (subject to hydrolysis) is 1. The lowest BCUT2D eigenvalue weighted by Crippen LogP contribution is -2.57. The summed E-state index contributed by atoms with van der Waals surface area (Å²) < 4.78 is 67.2. The molecule has 2 aromatic rings. The summed E-state index contributed by atoms with van der Waals surface area (Å²) in [4.78, 5) is 26.7. The number of methoxy groups -OCH3 is 2. The van der Waals surface area contributed by atoms with Crippen LogP contribution in [0.15, 0.2) is 42.5 Å². The summed E-state index contributed by atoms with van der Waals surface area (Å²) in [7, 11) is -0.542. The second kappa shape index (κ2) is 15.2. The van der Waals surface area contributed by atoms with Crippen molar-refractivity contribution in [3.8, 4) is 0 Å². The van der Waals surface area contributed by atoms with E-state index in [1.807, 2.05) is 0 Å². The van der Waals surface area contributed by atoms with Crippen molar-refractivity contribution in [2.75, 3.05) is 38.4 Å². The molecule has 0 aromatic heterocycles. The van der Waals surface area contributed by atoms with Crippen molar-refractivity contribution in [2.24, 2.45) is 5.92 Å². The number of carbonyl (C=O) groups excluding carboxylic acids is 2. The Bertz CT molecular complexity index is 1470. The molecule has 10 nitrogen and oxygen atoms in total. The first-order valence-electron chi connectivity index (χ1n) is 16.0. The number of fused-ring (bicyclic) bond motifs is 2. The Morgan fingerprint density at radius 3 is 2.48 bits per heavy atom. The van der Waals surface area contributed by atoms with Gasteiger partial charge in [0.25, 0.3) is 0 Å². The van der Waals surface area contributed by atoms with Crippen LogP contribution in [0, 0.1) is 17.6 Å². The molecule has 2 heterocycles. The molecule has 5 rings (SSSR count). The van der Waals surface area contributed by atoms with Crippen LogP contribution in [0.3, 0.4) is 0 Å². The fourth-order valence-corrected chi connectivity index (χ4v) is 9.11. The molecule has 3 aliphatic rings. The third kappa shape index (κ3) is 8.04. The van der Waals surface area contributed by atoms with Gasteiger partial charge >= 0.3 is 6.09 Å². The summed E-state index contributed by atoms with van der Waals surface area (Å²) in [6.07, 6.45) is 4.18. The molecule has 2 amide bonds. The van der Waals surface area contributed by atoms with Crippen molar-refractivity contribution in [1.82, 2.24) is 14.9 Å². The normalized spacial score (nSPS) is 27.1. The lowest BCUT2D eigenvalue weighted by atomic mass is 9.72. The van der Waals surface area contributed by atoms with E-state index in [1.54, 1.807) is 29.6 Å². The lowest BCUT2D eigenvalue weighted by molar-refractivity contribution is -0.119. The van der Waals surface area contributed by atoms with Gasteiger partial charge in [-0.05, 0) is 87.1 Å². The Balaban J connectivity index is 1.40. The molecule has 3 fully saturated rings. The number of ether oxygens (including phenoxy) is 2. The molecule has 3 N–H and O–H groups in total. The minimum absolute atomic E-state index is 0.0463.